The molecule has 10 rings (SSSR count). The zero-order valence-corrected chi connectivity index (χ0v) is 40.4. The molecule has 362 valence electrons. The third kappa shape index (κ3) is 9.10. The van der Waals surface area contributed by atoms with E-state index in [0.717, 1.165) is 89.7 Å². The van der Waals surface area contributed by atoms with Crippen molar-refractivity contribution >= 4 is 52.0 Å². The van der Waals surface area contributed by atoms with Crippen molar-refractivity contribution in [3.05, 3.63) is 96.2 Å². The van der Waals surface area contributed by atoms with E-state index in [2.05, 4.69) is 91.2 Å². The molecular weight excluding hydrogens is 873 g/mol. The topological polar surface area (TPSA) is 170 Å². The predicted molar refractivity (Wildman–Crippen MR) is 269 cm³/mol. The average Bonchev–Trinajstić information content (AvgIpc) is 3.86. The van der Waals surface area contributed by atoms with Crippen molar-refractivity contribution in [2.24, 2.45) is 5.41 Å². The van der Waals surface area contributed by atoms with E-state index in [1.807, 2.05) is 30.5 Å². The molecule has 1 aliphatic carbocycles. The maximum Gasteiger partial charge on any atom is 0.276 e. The molecule has 5 aliphatic rings. The number of carbonyl (C=O) groups excluding carboxylic acids is 2. The van der Waals surface area contributed by atoms with Crippen molar-refractivity contribution in [3.63, 3.8) is 0 Å². The van der Waals surface area contributed by atoms with E-state index in [1.165, 1.54) is 30.1 Å². The minimum Gasteiger partial charge on any atom is -0.478 e. The smallest absolute Gasteiger partial charge is 0.276 e. The number of piperidine rings is 1. The zero-order chi connectivity index (χ0) is 48.0. The van der Waals surface area contributed by atoms with Crippen LogP contribution >= 0.6 is 0 Å². The molecule has 3 fully saturated rings. The lowest BCUT2D eigenvalue weighted by molar-refractivity contribution is -0.111. The Balaban J connectivity index is 0.834. The molecular formula is C52H64N12O5. The lowest BCUT2D eigenvalue weighted by Crippen LogP contribution is -2.57. The van der Waals surface area contributed by atoms with Crippen LogP contribution in [0.15, 0.2) is 73.7 Å². The highest BCUT2D eigenvalue weighted by molar-refractivity contribution is 6.06. The molecule has 0 saturated carbocycles. The van der Waals surface area contributed by atoms with Gasteiger partial charge in [-0.15, -0.1) is 0 Å². The Bertz CT molecular complexity index is 2750. The van der Waals surface area contributed by atoms with Gasteiger partial charge in [0, 0.05) is 111 Å². The summed E-state index contributed by atoms with van der Waals surface area (Å²) in [6, 6.07) is 15.0. The molecule has 17 heteroatoms. The average molecular weight is 937 g/mol. The summed E-state index contributed by atoms with van der Waals surface area (Å²) >= 11 is 0. The minimum atomic E-state index is -0.368. The van der Waals surface area contributed by atoms with E-state index >= 15 is 0 Å². The number of pyridine rings is 2. The molecule has 0 unspecified atom stereocenters. The molecule has 0 bridgehead atoms. The van der Waals surface area contributed by atoms with Crippen LogP contribution in [-0.4, -0.2) is 131 Å². The summed E-state index contributed by atoms with van der Waals surface area (Å²) < 4.78 is 13.5. The lowest BCUT2D eigenvalue weighted by Gasteiger charge is -2.47. The van der Waals surface area contributed by atoms with E-state index in [1.54, 1.807) is 23.4 Å². The summed E-state index contributed by atoms with van der Waals surface area (Å²) in [6.45, 7) is 20.3. The third-order valence-electron chi connectivity index (χ3n) is 14.7. The predicted octanol–water partition coefficient (Wildman–Crippen LogP) is 6.29. The van der Waals surface area contributed by atoms with Crippen molar-refractivity contribution in [1.82, 2.24) is 29.4 Å². The number of fused-ring (bicyclic) bond motifs is 3. The van der Waals surface area contributed by atoms with Gasteiger partial charge in [-0.1, -0.05) is 20.4 Å². The van der Waals surface area contributed by atoms with Crippen LogP contribution in [0.1, 0.15) is 67.8 Å². The number of hydrogen-bond donors (Lipinski definition) is 3. The number of anilines is 7. The maximum absolute atomic E-state index is 14.1. The standard InChI is InChI=1S/C52H64N12O5/c1-7-47(66)57-41-25-36(8-9-43(41)61-19-18-60(30-33(61)2)37-12-16-59(17-13-37)38-10-14-53-46(26-38)62-22-23-69-32-34(62)3)56-48-50(68-6)55-29-42(58-48)39-11-15-54-49(40(39)31-65)64-21-20-63-44(51(64)67)24-35-27-52(4,5)28-45(35)63/h7-11,14-15,24-26,29,33-34,37,65H,1,12-13,16-23,27-28,30-32H2,2-6H3,(H,56,58)(H,57,66)/t33-,34-/m0/s1. The van der Waals surface area contributed by atoms with Crippen LogP contribution in [0.5, 0.6) is 5.88 Å². The summed E-state index contributed by atoms with van der Waals surface area (Å²) in [5.41, 5.74) is 8.27. The monoisotopic (exact) mass is 937 g/mol. The van der Waals surface area contributed by atoms with Gasteiger partial charge in [0.15, 0.2) is 5.82 Å². The van der Waals surface area contributed by atoms with Gasteiger partial charge in [0.1, 0.15) is 17.3 Å². The Morgan fingerprint density at radius 3 is 2.55 bits per heavy atom. The number of benzene rings is 1. The molecule has 2 atom stereocenters. The second-order valence-electron chi connectivity index (χ2n) is 19.9. The molecule has 0 radical (unpaired) electrons. The van der Waals surface area contributed by atoms with Crippen LogP contribution in [0.4, 0.5) is 40.2 Å². The number of piperazine rings is 1. The number of nitrogens with zero attached hydrogens (tertiary/aromatic N) is 10. The molecule has 3 saturated heterocycles. The molecule has 2 amide bonds. The fourth-order valence-corrected chi connectivity index (χ4v) is 11.2. The summed E-state index contributed by atoms with van der Waals surface area (Å²) in [5.74, 6) is 1.55. The molecule has 69 heavy (non-hydrogen) atoms. The normalized spacial score (nSPS) is 20.7. The number of nitrogens with one attached hydrogen (secondary N) is 2. The first-order valence-corrected chi connectivity index (χ1v) is 24.4. The summed E-state index contributed by atoms with van der Waals surface area (Å²) in [4.78, 5) is 57.4. The number of carbonyl (C=O) groups is 2. The largest absolute Gasteiger partial charge is 0.478 e. The molecule has 17 nitrogen and oxygen atoms in total. The third-order valence-corrected chi connectivity index (χ3v) is 14.7. The van der Waals surface area contributed by atoms with Crippen molar-refractivity contribution < 1.29 is 24.2 Å². The SMILES string of the molecule is C=CC(=O)Nc1cc(Nc2nc(-c3ccnc(N4CCn5c(cc6c5CC(C)(C)C6)C4=O)c3CO)cnc2OC)ccc1N1CCN(C2CCN(c3ccnc(N4CCOC[C@@H]4C)c3)CC2)C[C@@H]1C. The minimum absolute atomic E-state index is 0.138. The fourth-order valence-electron chi connectivity index (χ4n) is 11.2. The second kappa shape index (κ2) is 19.1. The highest BCUT2D eigenvalue weighted by Crippen LogP contribution is 2.41. The van der Waals surface area contributed by atoms with Crippen LogP contribution in [0.2, 0.25) is 0 Å². The van der Waals surface area contributed by atoms with Gasteiger partial charge in [0.25, 0.3) is 11.8 Å². The Labute approximate surface area is 404 Å². The molecule has 8 heterocycles. The first kappa shape index (κ1) is 46.2. The van der Waals surface area contributed by atoms with Crippen LogP contribution in [0.3, 0.4) is 0 Å². The molecule has 4 aliphatic heterocycles. The van der Waals surface area contributed by atoms with Gasteiger partial charge in [-0.25, -0.2) is 19.9 Å². The number of aliphatic hydroxyl groups is 1. The van der Waals surface area contributed by atoms with Gasteiger partial charge < -0.3 is 44.5 Å². The van der Waals surface area contributed by atoms with Crippen LogP contribution in [0, 0.1) is 5.41 Å². The zero-order valence-electron chi connectivity index (χ0n) is 40.4. The van der Waals surface area contributed by atoms with Crippen LogP contribution in [-0.2, 0) is 35.5 Å². The van der Waals surface area contributed by atoms with Crippen LogP contribution < -0.4 is 35.0 Å². The molecule has 3 N–H and O–H groups in total. The molecule has 4 aromatic heterocycles. The molecule has 0 spiro atoms. The Hall–Kier alpha value is -6.56. The van der Waals surface area contributed by atoms with Gasteiger partial charge in [-0.3, -0.25) is 19.4 Å². The Morgan fingerprint density at radius 1 is 0.957 bits per heavy atom. The summed E-state index contributed by atoms with van der Waals surface area (Å²) in [6.07, 6.45) is 10.5. The van der Waals surface area contributed by atoms with E-state index in [-0.39, 0.29) is 35.8 Å². The van der Waals surface area contributed by atoms with Gasteiger partial charge >= 0.3 is 0 Å². The van der Waals surface area contributed by atoms with Gasteiger partial charge in [-0.05, 0) is 93.0 Å². The van der Waals surface area contributed by atoms with Gasteiger partial charge in [-0.2, -0.15) is 0 Å². The lowest BCUT2D eigenvalue weighted by atomic mass is 9.90. The van der Waals surface area contributed by atoms with Crippen LogP contribution in [0.25, 0.3) is 11.3 Å². The number of amides is 2. The van der Waals surface area contributed by atoms with E-state index in [0.29, 0.717) is 70.7 Å². The fraction of sp³-hybridized carbons (Fsp3) is 0.462. The highest BCUT2D eigenvalue weighted by atomic mass is 16.5. The quantitative estimate of drug-likeness (QED) is 0.119. The van der Waals surface area contributed by atoms with Gasteiger partial charge in [0.05, 0.1) is 56.2 Å². The molecule has 1 aromatic carbocycles. The number of aromatic nitrogens is 5. The number of hydrogen-bond acceptors (Lipinski definition) is 14. The van der Waals surface area contributed by atoms with Crippen molar-refractivity contribution in [2.75, 3.05) is 96.4 Å². The number of rotatable bonds is 12. The van der Waals surface area contributed by atoms with E-state index in [9.17, 15) is 14.7 Å². The maximum atomic E-state index is 14.1. The number of aliphatic hydroxyl groups excluding tert-OH is 1. The van der Waals surface area contributed by atoms with E-state index < -0.39 is 0 Å². The summed E-state index contributed by atoms with van der Waals surface area (Å²) in [7, 11) is 1.53. The first-order valence-electron chi connectivity index (χ1n) is 24.4. The Morgan fingerprint density at radius 2 is 1.78 bits per heavy atom. The van der Waals surface area contributed by atoms with Crippen molar-refractivity contribution in [1.29, 1.82) is 0 Å². The highest BCUT2D eigenvalue weighted by Gasteiger charge is 2.38. The molecule has 5 aromatic rings. The number of ether oxygens (including phenoxy) is 2. The second-order valence-corrected chi connectivity index (χ2v) is 19.9. The Kier molecular flexibility index (Phi) is 12.8. The van der Waals surface area contributed by atoms with E-state index in [4.69, 9.17) is 19.4 Å². The van der Waals surface area contributed by atoms with Gasteiger partial charge in [0.2, 0.25) is 5.91 Å². The van der Waals surface area contributed by atoms with Crippen molar-refractivity contribution in [2.45, 2.75) is 84.7 Å². The summed E-state index contributed by atoms with van der Waals surface area (Å²) in [5, 5.41) is 17.3. The number of methoxy groups -OCH3 is 1. The first-order chi connectivity index (χ1) is 33.4. The van der Waals surface area contributed by atoms with Crippen molar-refractivity contribution in [3.8, 4) is 17.1 Å². The number of morpholine rings is 1.